The van der Waals surface area contributed by atoms with E-state index in [4.69, 9.17) is 24.7 Å². The Kier molecular flexibility index (Phi) is 5.93. The predicted molar refractivity (Wildman–Crippen MR) is 84.6 cm³/mol. The summed E-state index contributed by atoms with van der Waals surface area (Å²) in [5.41, 5.74) is 4.72. The zero-order valence-corrected chi connectivity index (χ0v) is 14.4. The standard InChI is InChI=1S/C15H19N3O8/c1-7(19)23-6-10-12(24-8(2)20)13(25-9(3)21)14(26-10)18-5-4-11(16)17-15(18)22/h4-5,10,12-14H,6H2,1-3H3,(H2,16,17,22)/t10-,12-,13-,14-/m1/s1/i17+1. The third-order valence-electron chi connectivity index (χ3n) is 3.47. The third kappa shape index (κ3) is 4.57. The van der Waals surface area contributed by atoms with Crippen molar-refractivity contribution in [3.8, 4) is 0 Å². The van der Waals surface area contributed by atoms with Crippen molar-refractivity contribution in [3.63, 3.8) is 0 Å². The van der Waals surface area contributed by atoms with Crippen LogP contribution >= 0.6 is 0 Å². The molecule has 1 aromatic heterocycles. The molecular weight excluding hydrogens is 351 g/mol. The molecule has 0 bridgehead atoms. The van der Waals surface area contributed by atoms with Crippen molar-refractivity contribution in [2.75, 3.05) is 12.3 Å². The van der Waals surface area contributed by atoms with E-state index in [0.717, 1.165) is 18.4 Å². The van der Waals surface area contributed by atoms with Crippen LogP contribution in [0.3, 0.4) is 0 Å². The van der Waals surface area contributed by atoms with E-state index in [1.165, 1.54) is 19.2 Å². The molecule has 11 heteroatoms. The third-order valence-corrected chi connectivity index (χ3v) is 3.47. The quantitative estimate of drug-likeness (QED) is 0.513. The second-order valence-electron chi connectivity index (χ2n) is 5.56. The van der Waals surface area contributed by atoms with Crippen molar-refractivity contribution in [3.05, 3.63) is 22.7 Å². The van der Waals surface area contributed by atoms with E-state index in [1.807, 2.05) is 0 Å². The van der Waals surface area contributed by atoms with Crippen molar-refractivity contribution in [1.82, 2.24) is 9.55 Å². The van der Waals surface area contributed by atoms with E-state index in [0.29, 0.717) is 0 Å². The van der Waals surface area contributed by atoms with E-state index < -0.39 is 48.1 Å². The normalized spacial score (nSPS) is 24.7. The zero-order chi connectivity index (χ0) is 19.4. The molecule has 2 heterocycles. The second-order valence-corrected chi connectivity index (χ2v) is 5.56. The van der Waals surface area contributed by atoms with E-state index in [1.54, 1.807) is 0 Å². The van der Waals surface area contributed by atoms with Gasteiger partial charge in [-0.15, -0.1) is 0 Å². The van der Waals surface area contributed by atoms with Crippen LogP contribution in [-0.2, 0) is 33.3 Å². The molecule has 0 aromatic carbocycles. The molecule has 11 nitrogen and oxygen atoms in total. The molecule has 1 aliphatic heterocycles. The number of rotatable bonds is 5. The lowest BCUT2D eigenvalue weighted by molar-refractivity contribution is -0.166. The molecule has 1 saturated heterocycles. The van der Waals surface area contributed by atoms with Crippen molar-refractivity contribution in [2.24, 2.45) is 0 Å². The van der Waals surface area contributed by atoms with Gasteiger partial charge in [0.15, 0.2) is 18.4 Å². The monoisotopic (exact) mass is 370 g/mol. The van der Waals surface area contributed by atoms with Crippen LogP contribution < -0.4 is 11.4 Å². The Bertz CT molecular complexity index is 762. The lowest BCUT2D eigenvalue weighted by Crippen LogP contribution is -2.41. The highest BCUT2D eigenvalue weighted by atomic mass is 16.7. The van der Waals surface area contributed by atoms with Gasteiger partial charge in [-0.25, -0.2) is 4.79 Å². The van der Waals surface area contributed by atoms with Crippen LogP contribution in [-0.4, -0.2) is 52.4 Å². The fourth-order valence-electron chi connectivity index (χ4n) is 2.54. The number of nitrogens with zero attached hydrogens (tertiary/aromatic N) is 2. The van der Waals surface area contributed by atoms with Crippen LogP contribution in [0.5, 0.6) is 0 Å². The number of anilines is 1. The van der Waals surface area contributed by atoms with Gasteiger partial charge in [-0.1, -0.05) is 0 Å². The van der Waals surface area contributed by atoms with Crippen LogP contribution in [0.2, 0.25) is 0 Å². The molecule has 1 fully saturated rings. The Morgan fingerprint density at radius 1 is 1.15 bits per heavy atom. The highest BCUT2D eigenvalue weighted by molar-refractivity contribution is 5.68. The van der Waals surface area contributed by atoms with Gasteiger partial charge in [-0.05, 0) is 6.07 Å². The van der Waals surface area contributed by atoms with Gasteiger partial charge < -0.3 is 24.7 Å². The number of hydrogen-bond donors (Lipinski definition) is 1. The Labute approximate surface area is 148 Å². The fraction of sp³-hybridized carbons (Fsp3) is 0.533. The largest absolute Gasteiger partial charge is 0.463 e. The van der Waals surface area contributed by atoms with Crippen molar-refractivity contribution < 1.29 is 33.3 Å². The van der Waals surface area contributed by atoms with Crippen LogP contribution in [0.1, 0.15) is 27.0 Å². The molecule has 0 radical (unpaired) electrons. The van der Waals surface area contributed by atoms with Gasteiger partial charge in [0.25, 0.3) is 0 Å². The number of ether oxygens (including phenoxy) is 4. The maximum Gasteiger partial charge on any atom is 0.351 e. The first kappa shape index (κ1) is 19.4. The molecule has 4 atom stereocenters. The minimum Gasteiger partial charge on any atom is -0.463 e. The van der Waals surface area contributed by atoms with Gasteiger partial charge in [0.05, 0.1) is 0 Å². The van der Waals surface area contributed by atoms with Crippen molar-refractivity contribution in [1.29, 1.82) is 0 Å². The number of nitrogen functional groups attached to an aromatic ring is 1. The Morgan fingerprint density at radius 2 is 1.77 bits per heavy atom. The average molecular weight is 370 g/mol. The Balaban J connectivity index is 2.40. The molecule has 1 aliphatic rings. The lowest BCUT2D eigenvalue weighted by Gasteiger charge is -2.23. The summed E-state index contributed by atoms with van der Waals surface area (Å²) < 4.78 is 22.1. The molecule has 26 heavy (non-hydrogen) atoms. The molecule has 142 valence electrons. The molecule has 0 amide bonds. The van der Waals surface area contributed by atoms with Gasteiger partial charge in [0, 0.05) is 27.0 Å². The van der Waals surface area contributed by atoms with Gasteiger partial charge >= 0.3 is 23.6 Å². The maximum absolute atomic E-state index is 12.1. The number of hydrogen-bond acceptors (Lipinski definition) is 10. The molecule has 0 saturated carbocycles. The summed E-state index contributed by atoms with van der Waals surface area (Å²) in [5.74, 6) is -1.91. The number of carbonyl (C=O) groups excluding carboxylic acids is 3. The van der Waals surface area contributed by atoms with E-state index in [9.17, 15) is 19.2 Å². The summed E-state index contributed by atoms with van der Waals surface area (Å²) in [5, 5.41) is 0. The van der Waals surface area contributed by atoms with E-state index in [-0.39, 0.29) is 12.4 Å². The minimum absolute atomic E-state index is 0.00119. The highest BCUT2D eigenvalue weighted by Gasteiger charge is 2.50. The first-order valence-electron chi connectivity index (χ1n) is 7.67. The van der Waals surface area contributed by atoms with E-state index >= 15 is 0 Å². The van der Waals surface area contributed by atoms with Gasteiger partial charge in [0.2, 0.25) is 0 Å². The summed E-state index contributed by atoms with van der Waals surface area (Å²) in [6.45, 7) is 3.26. The van der Waals surface area contributed by atoms with Crippen LogP contribution in [0, 0.1) is 0 Å². The number of nitrogens with two attached hydrogens (primary N) is 1. The first-order chi connectivity index (χ1) is 12.2. The smallest absolute Gasteiger partial charge is 0.351 e. The molecule has 2 N–H and O–H groups in total. The van der Waals surface area contributed by atoms with Crippen molar-refractivity contribution >= 4 is 23.7 Å². The van der Waals surface area contributed by atoms with Gasteiger partial charge in [-0.2, -0.15) is 4.98 Å². The van der Waals surface area contributed by atoms with Crippen LogP contribution in [0.25, 0.3) is 0 Å². The first-order valence-corrected chi connectivity index (χ1v) is 7.67. The Morgan fingerprint density at radius 3 is 2.31 bits per heavy atom. The van der Waals surface area contributed by atoms with Crippen molar-refractivity contribution in [2.45, 2.75) is 45.3 Å². The topological polar surface area (TPSA) is 149 Å². The molecular formula is C15H19N3O8. The lowest BCUT2D eigenvalue weighted by atomic mass is 10.1. The summed E-state index contributed by atoms with van der Waals surface area (Å²) in [6.07, 6.45) is -3.04. The molecule has 0 unspecified atom stereocenters. The fourth-order valence-corrected chi connectivity index (χ4v) is 2.54. The summed E-state index contributed by atoms with van der Waals surface area (Å²) in [7, 11) is 0. The maximum atomic E-state index is 12.1. The molecule has 1 aromatic rings. The number of aromatic nitrogens is 2. The number of esters is 3. The van der Waals surface area contributed by atoms with E-state index in [2.05, 4.69) is 4.98 Å². The summed E-state index contributed by atoms with van der Waals surface area (Å²) >= 11 is 0. The SMILES string of the molecule is CC(=O)OC[C@H]1O[C@@H](n2ccc(N)[15n]c2=O)[C@H](OC(C)=O)[C@@H]1OC(C)=O. The summed E-state index contributed by atoms with van der Waals surface area (Å²) in [4.78, 5) is 49.7. The zero-order valence-electron chi connectivity index (χ0n) is 14.4. The minimum atomic E-state index is -1.15. The Hall–Kier alpha value is -2.95. The second kappa shape index (κ2) is 7.95. The van der Waals surface area contributed by atoms with Gasteiger partial charge in [-0.3, -0.25) is 19.0 Å². The van der Waals surface area contributed by atoms with Crippen LogP contribution in [0.15, 0.2) is 17.1 Å². The molecule has 2 rings (SSSR count). The average Bonchev–Trinajstić information content (AvgIpc) is 2.82. The predicted octanol–water partition coefficient (Wildman–Crippen LogP) is -0.851. The van der Waals surface area contributed by atoms with Crippen LogP contribution in [0.4, 0.5) is 5.82 Å². The number of carbonyl (C=O) groups is 3. The summed E-state index contributed by atoms with van der Waals surface area (Å²) in [6, 6.07) is 1.36. The molecule has 0 aliphatic carbocycles. The van der Waals surface area contributed by atoms with Gasteiger partial charge in [0.1, 0.15) is 18.5 Å². The highest BCUT2D eigenvalue weighted by Crippen LogP contribution is 2.33. The molecule has 0 spiro atoms.